The average molecular weight is 257 g/mol. The van der Waals surface area contributed by atoms with E-state index in [4.69, 9.17) is 0 Å². The van der Waals surface area contributed by atoms with Crippen LogP contribution < -0.4 is 10.6 Å². The first-order valence-corrected chi connectivity index (χ1v) is 7.75. The van der Waals surface area contributed by atoms with Gasteiger partial charge in [0.2, 0.25) is 0 Å². The summed E-state index contributed by atoms with van der Waals surface area (Å²) in [5.74, 6) is 2.47. The summed E-state index contributed by atoms with van der Waals surface area (Å²) in [5, 5.41) is 10.4. The van der Waals surface area contributed by atoms with E-state index in [2.05, 4.69) is 27.9 Å². The highest BCUT2D eigenvalue weighted by atomic mass is 32.2. The molecule has 2 rings (SSSR count). The molecule has 0 radical (unpaired) electrons. The molecule has 1 aliphatic rings. The maximum atomic E-state index is 4.50. The topological polar surface area (TPSA) is 37.0 Å². The fourth-order valence-electron chi connectivity index (χ4n) is 1.73. The first-order valence-electron chi connectivity index (χ1n) is 5.72. The molecule has 2 unspecified atom stereocenters. The molecule has 2 atom stereocenters. The van der Waals surface area contributed by atoms with Crippen LogP contribution in [0.15, 0.2) is 5.38 Å². The fraction of sp³-hybridized carbons (Fsp3) is 0.727. The molecule has 0 bridgehead atoms. The SMILES string of the molecule is Cc1csc(C(C)NCC2CSCCN2)n1. The van der Waals surface area contributed by atoms with Gasteiger partial charge in [0.05, 0.1) is 6.04 Å². The summed E-state index contributed by atoms with van der Waals surface area (Å²) in [4.78, 5) is 4.50. The van der Waals surface area contributed by atoms with Crippen molar-refractivity contribution in [2.45, 2.75) is 25.9 Å². The van der Waals surface area contributed by atoms with Crippen LogP contribution in [-0.2, 0) is 0 Å². The number of hydrogen-bond donors (Lipinski definition) is 2. The maximum absolute atomic E-state index is 4.50. The van der Waals surface area contributed by atoms with Gasteiger partial charge in [0.15, 0.2) is 0 Å². The van der Waals surface area contributed by atoms with Crippen molar-refractivity contribution < 1.29 is 0 Å². The number of nitrogens with zero attached hydrogens (tertiary/aromatic N) is 1. The van der Waals surface area contributed by atoms with Crippen molar-refractivity contribution in [1.29, 1.82) is 0 Å². The van der Waals surface area contributed by atoms with Crippen LogP contribution in [0, 0.1) is 6.92 Å². The van der Waals surface area contributed by atoms with Gasteiger partial charge in [0, 0.05) is 41.7 Å². The van der Waals surface area contributed by atoms with Gasteiger partial charge >= 0.3 is 0 Å². The van der Waals surface area contributed by atoms with E-state index < -0.39 is 0 Å². The molecule has 1 aliphatic heterocycles. The highest BCUT2D eigenvalue weighted by molar-refractivity contribution is 7.99. The van der Waals surface area contributed by atoms with Crippen LogP contribution in [-0.4, -0.2) is 35.6 Å². The Morgan fingerprint density at radius 3 is 3.19 bits per heavy atom. The summed E-state index contributed by atoms with van der Waals surface area (Å²) in [6.07, 6.45) is 0. The Kier molecular flexibility index (Phi) is 4.64. The second-order valence-electron chi connectivity index (χ2n) is 4.18. The number of aryl methyl sites for hydroxylation is 1. The van der Waals surface area contributed by atoms with Crippen LogP contribution in [0.4, 0.5) is 0 Å². The summed E-state index contributed by atoms with van der Waals surface area (Å²) in [5.41, 5.74) is 1.12. The number of thiazole rings is 1. The van der Waals surface area contributed by atoms with Crippen molar-refractivity contribution in [1.82, 2.24) is 15.6 Å². The average Bonchev–Trinajstić information content (AvgIpc) is 2.74. The van der Waals surface area contributed by atoms with Gasteiger partial charge < -0.3 is 10.6 Å². The second kappa shape index (κ2) is 6.00. The van der Waals surface area contributed by atoms with Crippen molar-refractivity contribution in [2.24, 2.45) is 0 Å². The van der Waals surface area contributed by atoms with Gasteiger partial charge in [-0.2, -0.15) is 11.8 Å². The summed E-state index contributed by atoms with van der Waals surface area (Å²) in [6, 6.07) is 0.981. The first-order chi connectivity index (χ1) is 7.75. The molecular formula is C11H19N3S2. The summed E-state index contributed by atoms with van der Waals surface area (Å²) in [6.45, 7) is 6.41. The van der Waals surface area contributed by atoms with E-state index in [0.717, 1.165) is 18.8 Å². The molecule has 2 heterocycles. The van der Waals surface area contributed by atoms with Gasteiger partial charge in [-0.05, 0) is 13.8 Å². The van der Waals surface area contributed by atoms with Gasteiger partial charge in [-0.25, -0.2) is 4.98 Å². The highest BCUT2D eigenvalue weighted by Crippen LogP contribution is 2.17. The minimum absolute atomic E-state index is 0.368. The normalized spacial score (nSPS) is 23.2. The van der Waals surface area contributed by atoms with Gasteiger partial charge in [-0.1, -0.05) is 0 Å². The minimum atomic E-state index is 0.368. The maximum Gasteiger partial charge on any atom is 0.110 e. The van der Waals surface area contributed by atoms with Crippen LogP contribution >= 0.6 is 23.1 Å². The Labute approximate surface area is 105 Å². The zero-order chi connectivity index (χ0) is 11.4. The quantitative estimate of drug-likeness (QED) is 0.862. The van der Waals surface area contributed by atoms with Crippen molar-refractivity contribution >= 4 is 23.1 Å². The number of rotatable bonds is 4. The van der Waals surface area contributed by atoms with E-state index in [1.807, 2.05) is 18.7 Å². The Hall–Kier alpha value is -0.100. The number of hydrogen-bond acceptors (Lipinski definition) is 5. The van der Waals surface area contributed by atoms with Crippen LogP contribution in [0.3, 0.4) is 0 Å². The monoisotopic (exact) mass is 257 g/mol. The van der Waals surface area contributed by atoms with Crippen molar-refractivity contribution in [2.75, 3.05) is 24.6 Å². The van der Waals surface area contributed by atoms with Gasteiger partial charge in [-0.15, -0.1) is 11.3 Å². The molecule has 90 valence electrons. The zero-order valence-electron chi connectivity index (χ0n) is 9.82. The van der Waals surface area contributed by atoms with Crippen molar-refractivity contribution in [3.63, 3.8) is 0 Å². The summed E-state index contributed by atoms with van der Waals surface area (Å²) < 4.78 is 0. The molecule has 1 aromatic rings. The van der Waals surface area contributed by atoms with Gasteiger partial charge in [-0.3, -0.25) is 0 Å². The Morgan fingerprint density at radius 2 is 2.56 bits per heavy atom. The van der Waals surface area contributed by atoms with E-state index in [-0.39, 0.29) is 0 Å². The van der Waals surface area contributed by atoms with Crippen molar-refractivity contribution in [3.8, 4) is 0 Å². The number of thioether (sulfide) groups is 1. The third-order valence-electron chi connectivity index (χ3n) is 2.68. The first kappa shape index (κ1) is 12.4. The van der Waals surface area contributed by atoms with E-state index in [0.29, 0.717) is 12.1 Å². The molecule has 0 aliphatic carbocycles. The zero-order valence-corrected chi connectivity index (χ0v) is 11.5. The molecular weight excluding hydrogens is 238 g/mol. The third kappa shape index (κ3) is 3.45. The summed E-state index contributed by atoms with van der Waals surface area (Å²) in [7, 11) is 0. The third-order valence-corrected chi connectivity index (χ3v) is 4.95. The molecule has 1 fully saturated rings. The molecule has 1 saturated heterocycles. The van der Waals surface area contributed by atoms with Crippen LogP contribution in [0.5, 0.6) is 0 Å². The minimum Gasteiger partial charge on any atom is -0.311 e. The molecule has 5 heteroatoms. The predicted octanol–water partition coefficient (Wildman–Crippen LogP) is 1.81. The van der Waals surface area contributed by atoms with E-state index in [9.17, 15) is 0 Å². The van der Waals surface area contributed by atoms with E-state index in [1.54, 1.807) is 11.3 Å². The van der Waals surface area contributed by atoms with Crippen LogP contribution in [0.25, 0.3) is 0 Å². The highest BCUT2D eigenvalue weighted by Gasteiger charge is 2.15. The lowest BCUT2D eigenvalue weighted by atomic mass is 10.3. The molecule has 16 heavy (non-hydrogen) atoms. The molecule has 3 nitrogen and oxygen atoms in total. The van der Waals surface area contributed by atoms with E-state index >= 15 is 0 Å². The predicted molar refractivity (Wildman–Crippen MR) is 72.4 cm³/mol. The van der Waals surface area contributed by atoms with Gasteiger partial charge in [0.25, 0.3) is 0 Å². The Morgan fingerprint density at radius 1 is 1.69 bits per heavy atom. The van der Waals surface area contributed by atoms with Crippen molar-refractivity contribution in [3.05, 3.63) is 16.1 Å². The smallest absolute Gasteiger partial charge is 0.110 e. The largest absolute Gasteiger partial charge is 0.311 e. The molecule has 0 saturated carbocycles. The number of aromatic nitrogens is 1. The molecule has 0 aromatic carbocycles. The van der Waals surface area contributed by atoms with E-state index in [1.165, 1.54) is 16.5 Å². The van der Waals surface area contributed by atoms with Crippen LogP contribution in [0.1, 0.15) is 23.7 Å². The Balaban J connectivity index is 1.76. The fourth-order valence-corrected chi connectivity index (χ4v) is 3.51. The molecule has 2 N–H and O–H groups in total. The lowest BCUT2D eigenvalue weighted by Gasteiger charge is -2.24. The molecule has 0 spiro atoms. The standard InChI is InChI=1S/C11H19N3S2/c1-8-6-16-11(14-8)9(2)13-5-10-7-15-4-3-12-10/h6,9-10,12-13H,3-5,7H2,1-2H3. The van der Waals surface area contributed by atoms with Gasteiger partial charge in [0.1, 0.15) is 5.01 Å². The Bertz CT molecular complexity index is 321. The second-order valence-corrected chi connectivity index (χ2v) is 6.22. The number of nitrogens with one attached hydrogen (secondary N) is 2. The molecule has 0 amide bonds. The van der Waals surface area contributed by atoms with Crippen LogP contribution in [0.2, 0.25) is 0 Å². The summed E-state index contributed by atoms with van der Waals surface area (Å²) >= 11 is 3.78. The lowest BCUT2D eigenvalue weighted by molar-refractivity contribution is 0.476. The molecule has 1 aromatic heterocycles. The lowest BCUT2D eigenvalue weighted by Crippen LogP contribution is -2.44.